The van der Waals surface area contributed by atoms with Gasteiger partial charge in [-0.1, -0.05) is 51.8 Å². The zero-order valence-electron chi connectivity index (χ0n) is 11.1. The molecule has 0 aliphatic rings. The van der Waals surface area contributed by atoms with Crippen LogP contribution >= 0.6 is 27.5 Å². The summed E-state index contributed by atoms with van der Waals surface area (Å²) in [5.41, 5.74) is 5.79. The molecule has 0 radical (unpaired) electrons. The van der Waals surface area contributed by atoms with Crippen LogP contribution < -0.4 is 11.3 Å². The van der Waals surface area contributed by atoms with Gasteiger partial charge in [-0.2, -0.15) is 0 Å². The number of hydrazine groups is 1. The highest BCUT2D eigenvalue weighted by molar-refractivity contribution is 9.10. The van der Waals surface area contributed by atoms with Crippen LogP contribution in [0, 0.1) is 0 Å². The van der Waals surface area contributed by atoms with Gasteiger partial charge in [0.25, 0.3) is 0 Å². The summed E-state index contributed by atoms with van der Waals surface area (Å²) in [7, 11) is 0. The highest BCUT2D eigenvalue weighted by Gasteiger charge is 2.16. The highest BCUT2D eigenvalue weighted by Crippen LogP contribution is 2.30. The Morgan fingerprint density at radius 2 is 1.95 bits per heavy atom. The van der Waals surface area contributed by atoms with Crippen molar-refractivity contribution in [3.05, 3.63) is 75.4 Å². The smallest absolute Gasteiger partial charge is 0.0753 e. The normalized spacial score (nSPS) is 12.5. The number of halogens is 2. The van der Waals surface area contributed by atoms with E-state index in [1.165, 1.54) is 0 Å². The summed E-state index contributed by atoms with van der Waals surface area (Å²) >= 11 is 9.61. The van der Waals surface area contributed by atoms with Gasteiger partial charge in [0.05, 0.1) is 11.6 Å². The van der Waals surface area contributed by atoms with Crippen LogP contribution in [0.3, 0.4) is 0 Å². The van der Waals surface area contributed by atoms with Crippen LogP contribution in [0.4, 0.5) is 0 Å². The minimum atomic E-state index is -0.182. The van der Waals surface area contributed by atoms with Gasteiger partial charge >= 0.3 is 0 Å². The highest BCUT2D eigenvalue weighted by atomic mass is 79.9. The van der Waals surface area contributed by atoms with Gasteiger partial charge in [0, 0.05) is 26.6 Å². The molecule has 0 fully saturated rings. The summed E-state index contributed by atoms with van der Waals surface area (Å²) < 4.78 is 0.915. The maximum Gasteiger partial charge on any atom is 0.0753 e. The van der Waals surface area contributed by atoms with Gasteiger partial charge in [-0.05, 0) is 29.8 Å². The first-order valence-corrected chi connectivity index (χ1v) is 7.62. The third-order valence-electron chi connectivity index (χ3n) is 3.36. The van der Waals surface area contributed by atoms with Gasteiger partial charge in [-0.25, -0.2) is 5.43 Å². The minimum Gasteiger partial charge on any atom is -0.271 e. The Bertz CT molecular complexity index is 766. The predicted octanol–water partition coefficient (Wildman–Crippen LogP) is 4.20. The van der Waals surface area contributed by atoms with Crippen molar-refractivity contribution in [3.63, 3.8) is 0 Å². The van der Waals surface area contributed by atoms with Crippen LogP contribution in [-0.4, -0.2) is 4.98 Å². The SMILES string of the molecule is NNC(c1cc(Cl)cc(Br)c1)c1cccc2cccnc12. The van der Waals surface area contributed by atoms with E-state index in [1.807, 2.05) is 48.5 Å². The van der Waals surface area contributed by atoms with Crippen LogP contribution in [0.1, 0.15) is 17.2 Å². The van der Waals surface area contributed by atoms with Gasteiger partial charge in [-0.3, -0.25) is 10.8 Å². The molecule has 1 heterocycles. The molecule has 21 heavy (non-hydrogen) atoms. The van der Waals surface area contributed by atoms with Crippen LogP contribution in [0.15, 0.2) is 59.2 Å². The Labute approximate surface area is 136 Å². The third-order valence-corrected chi connectivity index (χ3v) is 4.04. The molecule has 5 heteroatoms. The number of nitrogens with two attached hydrogens (primary N) is 1. The topological polar surface area (TPSA) is 50.9 Å². The fourth-order valence-corrected chi connectivity index (χ4v) is 3.35. The lowest BCUT2D eigenvalue weighted by Gasteiger charge is -2.19. The molecular formula is C16H13BrClN3. The van der Waals surface area contributed by atoms with Crippen molar-refractivity contribution in [1.29, 1.82) is 0 Å². The van der Waals surface area contributed by atoms with Crippen LogP contribution in [-0.2, 0) is 0 Å². The number of hydrogen-bond acceptors (Lipinski definition) is 3. The second-order valence-corrected chi connectivity index (χ2v) is 6.08. The number of hydrogen-bond donors (Lipinski definition) is 2. The quantitative estimate of drug-likeness (QED) is 0.542. The molecule has 2 aromatic carbocycles. The Kier molecular flexibility index (Phi) is 4.22. The van der Waals surface area contributed by atoms with E-state index in [1.54, 1.807) is 6.20 Å². The summed E-state index contributed by atoms with van der Waals surface area (Å²) in [6.07, 6.45) is 1.79. The van der Waals surface area contributed by atoms with Crippen molar-refractivity contribution in [1.82, 2.24) is 10.4 Å². The maximum atomic E-state index is 6.14. The molecule has 1 atom stereocenters. The molecular weight excluding hydrogens is 350 g/mol. The number of benzene rings is 2. The lowest BCUT2D eigenvalue weighted by molar-refractivity contribution is 0.640. The van der Waals surface area contributed by atoms with E-state index in [2.05, 4.69) is 26.3 Å². The van der Waals surface area contributed by atoms with E-state index in [-0.39, 0.29) is 6.04 Å². The van der Waals surface area contributed by atoms with Gasteiger partial charge in [-0.15, -0.1) is 0 Å². The van der Waals surface area contributed by atoms with Crippen molar-refractivity contribution < 1.29 is 0 Å². The molecule has 1 unspecified atom stereocenters. The van der Waals surface area contributed by atoms with Gasteiger partial charge in [0.15, 0.2) is 0 Å². The van der Waals surface area contributed by atoms with E-state index >= 15 is 0 Å². The molecule has 1 aromatic heterocycles. The zero-order valence-corrected chi connectivity index (χ0v) is 13.4. The minimum absolute atomic E-state index is 0.182. The molecule has 0 aliphatic carbocycles. The monoisotopic (exact) mass is 361 g/mol. The zero-order chi connectivity index (χ0) is 14.8. The number of pyridine rings is 1. The first-order chi connectivity index (χ1) is 10.2. The summed E-state index contributed by atoms with van der Waals surface area (Å²) in [4.78, 5) is 4.48. The summed E-state index contributed by atoms with van der Waals surface area (Å²) in [6.45, 7) is 0. The molecule has 0 saturated heterocycles. The number of para-hydroxylation sites is 1. The fraction of sp³-hybridized carbons (Fsp3) is 0.0625. The maximum absolute atomic E-state index is 6.14. The molecule has 3 nitrogen and oxygen atoms in total. The number of nitrogens with one attached hydrogen (secondary N) is 1. The van der Waals surface area contributed by atoms with Crippen molar-refractivity contribution in [2.75, 3.05) is 0 Å². The third kappa shape index (κ3) is 2.94. The first kappa shape index (κ1) is 14.5. The van der Waals surface area contributed by atoms with Crippen molar-refractivity contribution in [2.45, 2.75) is 6.04 Å². The Morgan fingerprint density at radius 3 is 2.71 bits per heavy atom. The molecule has 0 bridgehead atoms. The Hall–Kier alpha value is -1.46. The fourth-order valence-electron chi connectivity index (χ4n) is 2.47. The standard InChI is InChI=1S/C16H13BrClN3/c17-12-7-11(8-13(18)9-12)16(21-19)14-5-1-3-10-4-2-6-20-15(10)14/h1-9,16,21H,19H2. The molecule has 0 saturated carbocycles. The van der Waals surface area contributed by atoms with Crippen molar-refractivity contribution in [3.8, 4) is 0 Å². The summed E-state index contributed by atoms with van der Waals surface area (Å²) in [6, 6.07) is 15.6. The Morgan fingerprint density at radius 1 is 1.14 bits per heavy atom. The lowest BCUT2D eigenvalue weighted by Crippen LogP contribution is -2.29. The molecule has 106 valence electrons. The molecule has 0 aliphatic heterocycles. The average molecular weight is 363 g/mol. The molecule has 3 N–H and O–H groups in total. The van der Waals surface area contributed by atoms with Crippen LogP contribution in [0.2, 0.25) is 5.02 Å². The van der Waals surface area contributed by atoms with Gasteiger partial charge < -0.3 is 0 Å². The lowest BCUT2D eigenvalue weighted by atomic mass is 9.97. The van der Waals surface area contributed by atoms with E-state index in [9.17, 15) is 0 Å². The van der Waals surface area contributed by atoms with E-state index in [4.69, 9.17) is 17.4 Å². The molecule has 3 aromatic rings. The second-order valence-electron chi connectivity index (χ2n) is 4.72. The van der Waals surface area contributed by atoms with Gasteiger partial charge in [0.2, 0.25) is 0 Å². The van der Waals surface area contributed by atoms with Crippen molar-refractivity contribution in [2.24, 2.45) is 5.84 Å². The van der Waals surface area contributed by atoms with Crippen LogP contribution in [0.25, 0.3) is 10.9 Å². The predicted molar refractivity (Wildman–Crippen MR) is 90.1 cm³/mol. The summed E-state index contributed by atoms with van der Waals surface area (Å²) in [5.74, 6) is 5.79. The van der Waals surface area contributed by atoms with E-state index in [0.29, 0.717) is 5.02 Å². The largest absolute Gasteiger partial charge is 0.271 e. The molecule has 0 spiro atoms. The van der Waals surface area contributed by atoms with Crippen LogP contribution in [0.5, 0.6) is 0 Å². The average Bonchev–Trinajstić information content (AvgIpc) is 2.47. The van der Waals surface area contributed by atoms with Crippen molar-refractivity contribution >= 4 is 38.4 Å². The Balaban J connectivity index is 2.18. The summed E-state index contributed by atoms with van der Waals surface area (Å²) in [5, 5.41) is 1.74. The van der Waals surface area contributed by atoms with E-state index in [0.717, 1.165) is 26.5 Å². The first-order valence-electron chi connectivity index (χ1n) is 6.45. The second kappa shape index (κ2) is 6.12. The number of nitrogens with zero attached hydrogens (tertiary/aromatic N) is 1. The molecule has 0 amide bonds. The van der Waals surface area contributed by atoms with E-state index < -0.39 is 0 Å². The number of rotatable bonds is 3. The number of aromatic nitrogens is 1. The molecule has 3 rings (SSSR count). The number of fused-ring (bicyclic) bond motifs is 1. The van der Waals surface area contributed by atoms with Gasteiger partial charge in [0.1, 0.15) is 0 Å².